The highest BCUT2D eigenvalue weighted by Gasteiger charge is 2.59. The number of carboxylic acids is 1. The molecule has 0 aromatic carbocycles. The molecule has 2 aliphatic carbocycles. The molecule has 3 atom stereocenters. The van der Waals surface area contributed by atoms with Crippen molar-refractivity contribution in [3.8, 4) is 0 Å². The van der Waals surface area contributed by atoms with Crippen LogP contribution in [0.3, 0.4) is 0 Å². The van der Waals surface area contributed by atoms with Crippen LogP contribution in [-0.2, 0) is 16.0 Å². The molecule has 1 saturated heterocycles. The Kier molecular flexibility index (Phi) is 4.74. The molecule has 1 aliphatic heterocycles. The Bertz CT molecular complexity index is 1070. The highest BCUT2D eigenvalue weighted by atomic mass is 19.4. The SMILES string of the molecule is NC(c1cn2ncc(CC3(C(=O)O)C[C@@H](C(F)(F)F)NC3=O)cc2n1)C(C1CC1)C1CC1. The zero-order valence-corrected chi connectivity index (χ0v) is 17.2. The maximum Gasteiger partial charge on any atom is 0.408 e. The van der Waals surface area contributed by atoms with Crippen LogP contribution in [0.5, 0.6) is 0 Å². The fraction of sp³-hybridized carbons (Fsp3) is 0.619. The number of halogens is 3. The third kappa shape index (κ3) is 3.62. The molecular weight excluding hydrogens is 427 g/mol. The summed E-state index contributed by atoms with van der Waals surface area (Å²) in [4.78, 5) is 28.8. The average Bonchev–Trinajstić information content (AvgIpc) is 3.64. The molecule has 172 valence electrons. The predicted molar refractivity (Wildman–Crippen MR) is 105 cm³/mol. The van der Waals surface area contributed by atoms with E-state index in [0.29, 0.717) is 34.7 Å². The number of hydrogen-bond acceptors (Lipinski definition) is 5. The summed E-state index contributed by atoms with van der Waals surface area (Å²) in [5.41, 5.74) is 5.78. The second-order valence-electron chi connectivity index (χ2n) is 9.45. The van der Waals surface area contributed by atoms with Crippen LogP contribution < -0.4 is 11.1 Å². The fourth-order valence-corrected chi connectivity index (χ4v) is 5.07. The molecule has 3 aliphatic rings. The molecule has 0 radical (unpaired) electrons. The number of hydrogen-bond donors (Lipinski definition) is 3. The van der Waals surface area contributed by atoms with Gasteiger partial charge in [0, 0.05) is 6.42 Å². The van der Waals surface area contributed by atoms with Crippen LogP contribution in [0.15, 0.2) is 18.5 Å². The van der Waals surface area contributed by atoms with E-state index in [1.807, 2.05) is 0 Å². The Morgan fingerprint density at radius 1 is 1.31 bits per heavy atom. The first kappa shape index (κ1) is 21.2. The van der Waals surface area contributed by atoms with Crippen molar-refractivity contribution in [1.29, 1.82) is 0 Å². The minimum Gasteiger partial charge on any atom is -0.480 e. The second kappa shape index (κ2) is 7.16. The molecule has 5 rings (SSSR count). The van der Waals surface area contributed by atoms with Gasteiger partial charge in [-0.1, -0.05) is 0 Å². The van der Waals surface area contributed by atoms with E-state index in [2.05, 4.69) is 10.1 Å². The monoisotopic (exact) mass is 451 g/mol. The summed E-state index contributed by atoms with van der Waals surface area (Å²) in [5, 5.41) is 15.7. The smallest absolute Gasteiger partial charge is 0.408 e. The lowest BCUT2D eigenvalue weighted by Crippen LogP contribution is -2.41. The Morgan fingerprint density at radius 2 is 1.97 bits per heavy atom. The first-order valence-electron chi connectivity index (χ1n) is 10.8. The van der Waals surface area contributed by atoms with Crippen molar-refractivity contribution in [2.45, 2.75) is 56.8 Å². The van der Waals surface area contributed by atoms with Crippen molar-refractivity contribution in [1.82, 2.24) is 19.9 Å². The van der Waals surface area contributed by atoms with E-state index in [1.165, 1.54) is 36.4 Å². The van der Waals surface area contributed by atoms with Crippen LogP contribution in [-0.4, -0.2) is 43.8 Å². The van der Waals surface area contributed by atoms with Gasteiger partial charge in [-0.2, -0.15) is 18.3 Å². The number of carboxylic acid groups (broad SMARTS) is 1. The minimum absolute atomic E-state index is 0.223. The number of carbonyl (C=O) groups is 2. The van der Waals surface area contributed by atoms with Gasteiger partial charge in [0.05, 0.1) is 24.1 Å². The van der Waals surface area contributed by atoms with Crippen LogP contribution in [0.25, 0.3) is 5.65 Å². The summed E-state index contributed by atoms with van der Waals surface area (Å²) >= 11 is 0. The molecule has 2 unspecified atom stereocenters. The zero-order valence-electron chi connectivity index (χ0n) is 17.2. The molecule has 1 amide bonds. The number of nitrogens with zero attached hydrogens (tertiary/aromatic N) is 3. The third-order valence-corrected chi connectivity index (χ3v) is 7.09. The second-order valence-corrected chi connectivity index (χ2v) is 9.45. The number of fused-ring (bicyclic) bond motifs is 1. The molecule has 3 heterocycles. The van der Waals surface area contributed by atoms with Crippen LogP contribution >= 0.6 is 0 Å². The number of rotatable bonds is 7. The predicted octanol–water partition coefficient (Wildman–Crippen LogP) is 2.23. The Hall–Kier alpha value is -2.69. The van der Waals surface area contributed by atoms with Gasteiger partial charge in [0.15, 0.2) is 11.1 Å². The largest absolute Gasteiger partial charge is 0.480 e. The van der Waals surface area contributed by atoms with Gasteiger partial charge in [0.25, 0.3) is 0 Å². The highest BCUT2D eigenvalue weighted by molar-refractivity contribution is 6.04. The number of carbonyl (C=O) groups excluding carboxylic acids is 1. The number of nitrogens with two attached hydrogens (primary N) is 1. The first-order valence-corrected chi connectivity index (χ1v) is 10.8. The van der Waals surface area contributed by atoms with Crippen LogP contribution in [0.4, 0.5) is 13.2 Å². The van der Waals surface area contributed by atoms with Gasteiger partial charge in [0.2, 0.25) is 5.91 Å². The molecule has 11 heteroatoms. The standard InChI is InChI=1S/C21H24F3N5O3/c22-21(23,24)14-7-20(19(31)32,18(30)28-14)6-10-5-15-27-13(9-29(15)26-8-10)17(25)16(11-1-2-11)12-3-4-12/h5,8-9,11-12,14,16-17H,1-4,6-7,25H2,(H,28,30)(H,31,32)/t14-,17?,20?/m0/s1. The molecule has 2 aromatic heterocycles. The average molecular weight is 451 g/mol. The number of alkyl halides is 3. The Morgan fingerprint density at radius 3 is 2.50 bits per heavy atom. The van der Waals surface area contributed by atoms with Crippen molar-refractivity contribution in [2.24, 2.45) is 28.9 Å². The zero-order chi connectivity index (χ0) is 22.8. The van der Waals surface area contributed by atoms with Crippen LogP contribution in [0.2, 0.25) is 0 Å². The summed E-state index contributed by atoms with van der Waals surface area (Å²) in [5.74, 6) is -1.09. The quantitative estimate of drug-likeness (QED) is 0.555. The van der Waals surface area contributed by atoms with Crippen LogP contribution in [0, 0.1) is 23.2 Å². The van der Waals surface area contributed by atoms with E-state index in [-0.39, 0.29) is 6.04 Å². The van der Waals surface area contributed by atoms with E-state index < -0.39 is 42.4 Å². The molecule has 4 N–H and O–H groups in total. The summed E-state index contributed by atoms with van der Waals surface area (Å²) < 4.78 is 40.8. The van der Waals surface area contributed by atoms with Gasteiger partial charge in [-0.25, -0.2) is 9.50 Å². The van der Waals surface area contributed by atoms with Crippen molar-refractivity contribution in [3.05, 3.63) is 29.7 Å². The Balaban J connectivity index is 1.41. The topological polar surface area (TPSA) is 123 Å². The summed E-state index contributed by atoms with van der Waals surface area (Å²) in [6, 6.07) is -0.856. The van der Waals surface area contributed by atoms with E-state index in [4.69, 9.17) is 5.73 Å². The van der Waals surface area contributed by atoms with E-state index in [9.17, 15) is 27.9 Å². The maximum atomic E-state index is 13.1. The normalized spacial score (nSPS) is 27.2. The van der Waals surface area contributed by atoms with Crippen molar-refractivity contribution in [2.75, 3.05) is 0 Å². The molecule has 0 spiro atoms. The first-order chi connectivity index (χ1) is 15.1. The van der Waals surface area contributed by atoms with Crippen molar-refractivity contribution in [3.63, 3.8) is 0 Å². The number of aromatic nitrogens is 3. The van der Waals surface area contributed by atoms with E-state index in [1.54, 1.807) is 17.6 Å². The fourth-order valence-electron chi connectivity index (χ4n) is 5.07. The molecule has 2 saturated carbocycles. The number of amides is 1. The lowest BCUT2D eigenvalue weighted by molar-refractivity contribution is -0.157. The van der Waals surface area contributed by atoms with Gasteiger partial charge in [-0.05, 0) is 61.5 Å². The Labute approximate surface area is 181 Å². The summed E-state index contributed by atoms with van der Waals surface area (Å²) in [7, 11) is 0. The summed E-state index contributed by atoms with van der Waals surface area (Å²) in [6.45, 7) is 0. The van der Waals surface area contributed by atoms with E-state index in [0.717, 1.165) is 0 Å². The van der Waals surface area contributed by atoms with Crippen molar-refractivity contribution < 1.29 is 27.9 Å². The van der Waals surface area contributed by atoms with Gasteiger partial charge in [0.1, 0.15) is 6.04 Å². The number of nitrogens with one attached hydrogen (secondary N) is 1. The van der Waals surface area contributed by atoms with Crippen LogP contribution in [0.1, 0.15) is 49.4 Å². The van der Waals surface area contributed by atoms with Gasteiger partial charge >= 0.3 is 12.1 Å². The number of aliphatic carboxylic acids is 1. The molecule has 2 aromatic rings. The lowest BCUT2D eigenvalue weighted by Gasteiger charge is -2.21. The van der Waals surface area contributed by atoms with Gasteiger partial charge in [-0.15, -0.1) is 0 Å². The molecule has 0 bridgehead atoms. The van der Waals surface area contributed by atoms with Crippen molar-refractivity contribution >= 4 is 17.5 Å². The maximum absolute atomic E-state index is 13.1. The minimum atomic E-state index is -4.72. The summed E-state index contributed by atoms with van der Waals surface area (Å²) in [6.07, 6.45) is 1.84. The third-order valence-electron chi connectivity index (χ3n) is 7.09. The number of imidazole rings is 1. The van der Waals surface area contributed by atoms with E-state index >= 15 is 0 Å². The molecule has 32 heavy (non-hydrogen) atoms. The van der Waals surface area contributed by atoms with Gasteiger partial charge < -0.3 is 16.2 Å². The highest BCUT2D eigenvalue weighted by Crippen LogP contribution is 2.53. The molecular formula is C21H24F3N5O3. The van der Waals surface area contributed by atoms with Gasteiger partial charge in [-0.3, -0.25) is 9.59 Å². The molecule has 3 fully saturated rings. The lowest BCUT2D eigenvalue weighted by atomic mass is 9.79. The molecule has 8 nitrogen and oxygen atoms in total.